The summed E-state index contributed by atoms with van der Waals surface area (Å²) in [5.41, 5.74) is 7.82. The molecule has 1 aromatic rings. The van der Waals surface area contributed by atoms with Crippen molar-refractivity contribution >= 4 is 5.69 Å². The molecule has 0 unspecified atom stereocenters. The molecule has 3 N–H and O–H groups in total. The van der Waals surface area contributed by atoms with Gasteiger partial charge in [-0.05, 0) is 18.9 Å². The van der Waals surface area contributed by atoms with E-state index >= 15 is 0 Å². The molecule has 1 saturated carbocycles. The third kappa shape index (κ3) is 1.56. The molecule has 0 aliphatic heterocycles. The van der Waals surface area contributed by atoms with Gasteiger partial charge >= 0.3 is 0 Å². The van der Waals surface area contributed by atoms with Gasteiger partial charge in [0.25, 0.3) is 0 Å². The summed E-state index contributed by atoms with van der Waals surface area (Å²) in [6.07, 6.45) is 6.19. The quantitative estimate of drug-likeness (QED) is 0.702. The van der Waals surface area contributed by atoms with Crippen molar-refractivity contribution in [1.82, 2.24) is 4.98 Å². The van der Waals surface area contributed by atoms with Crippen LogP contribution in [0.3, 0.4) is 0 Å². The van der Waals surface area contributed by atoms with Gasteiger partial charge in [-0.3, -0.25) is 4.98 Å². The predicted molar refractivity (Wildman–Crippen MR) is 48.8 cm³/mol. The lowest BCUT2D eigenvalue weighted by atomic mass is 10.2. The zero-order chi connectivity index (χ0) is 8.39. The maximum Gasteiger partial charge on any atom is 0.0418 e. The lowest BCUT2D eigenvalue weighted by Gasteiger charge is -2.08. The van der Waals surface area contributed by atoms with Gasteiger partial charge in [0.1, 0.15) is 0 Å². The minimum absolute atomic E-state index is 0.558. The maximum absolute atomic E-state index is 5.57. The van der Waals surface area contributed by atoms with E-state index in [4.69, 9.17) is 5.73 Å². The maximum atomic E-state index is 5.57. The summed E-state index contributed by atoms with van der Waals surface area (Å²) in [6, 6.07) is 2.67. The summed E-state index contributed by atoms with van der Waals surface area (Å²) in [4.78, 5) is 4.02. The summed E-state index contributed by atoms with van der Waals surface area (Å²) in [5.74, 6) is 0. The van der Waals surface area contributed by atoms with Gasteiger partial charge in [-0.15, -0.1) is 0 Å². The first kappa shape index (κ1) is 7.55. The van der Waals surface area contributed by atoms with Crippen molar-refractivity contribution in [3.8, 4) is 0 Å². The second kappa shape index (κ2) is 3.11. The van der Waals surface area contributed by atoms with Crippen LogP contribution in [-0.2, 0) is 6.54 Å². The Balaban J connectivity index is 2.15. The summed E-state index contributed by atoms with van der Waals surface area (Å²) in [6.45, 7) is 0.558. The van der Waals surface area contributed by atoms with E-state index in [9.17, 15) is 0 Å². The summed E-state index contributed by atoms with van der Waals surface area (Å²) < 4.78 is 0. The van der Waals surface area contributed by atoms with E-state index in [0.717, 1.165) is 11.3 Å². The second-order valence-corrected chi connectivity index (χ2v) is 3.16. The molecule has 0 atom stereocenters. The number of nitrogens with one attached hydrogen (secondary N) is 1. The Labute approximate surface area is 72.0 Å². The van der Waals surface area contributed by atoms with Crippen molar-refractivity contribution < 1.29 is 0 Å². The van der Waals surface area contributed by atoms with Gasteiger partial charge in [-0.25, -0.2) is 0 Å². The Hall–Kier alpha value is -1.09. The van der Waals surface area contributed by atoms with E-state index in [-0.39, 0.29) is 0 Å². The lowest BCUT2D eigenvalue weighted by Crippen LogP contribution is -2.07. The van der Waals surface area contributed by atoms with Crippen molar-refractivity contribution in [2.45, 2.75) is 25.4 Å². The van der Waals surface area contributed by atoms with Gasteiger partial charge in [-0.2, -0.15) is 0 Å². The highest BCUT2D eigenvalue weighted by Crippen LogP contribution is 2.25. The number of hydrogen-bond donors (Lipinski definition) is 2. The number of nitrogens with two attached hydrogens (primary N) is 1. The van der Waals surface area contributed by atoms with Crippen LogP contribution in [0, 0.1) is 0 Å². The van der Waals surface area contributed by atoms with Crippen LogP contribution in [0.15, 0.2) is 18.5 Å². The Morgan fingerprint density at radius 3 is 3.08 bits per heavy atom. The molecule has 1 aromatic heterocycles. The van der Waals surface area contributed by atoms with Crippen LogP contribution in [-0.4, -0.2) is 11.0 Å². The van der Waals surface area contributed by atoms with E-state index in [2.05, 4.69) is 10.3 Å². The third-order valence-corrected chi connectivity index (χ3v) is 2.06. The van der Waals surface area contributed by atoms with E-state index in [1.165, 1.54) is 12.8 Å². The van der Waals surface area contributed by atoms with E-state index in [1.54, 1.807) is 6.20 Å². The molecule has 3 heteroatoms. The Morgan fingerprint density at radius 1 is 1.58 bits per heavy atom. The molecular weight excluding hydrogens is 150 g/mol. The monoisotopic (exact) mass is 163 g/mol. The lowest BCUT2D eigenvalue weighted by molar-refractivity contribution is 1.03. The average molecular weight is 163 g/mol. The summed E-state index contributed by atoms with van der Waals surface area (Å²) >= 11 is 0. The topological polar surface area (TPSA) is 50.9 Å². The van der Waals surface area contributed by atoms with Crippen LogP contribution < -0.4 is 11.1 Å². The largest absolute Gasteiger partial charge is 0.382 e. The summed E-state index contributed by atoms with van der Waals surface area (Å²) in [7, 11) is 0. The van der Waals surface area contributed by atoms with Gasteiger partial charge in [0, 0.05) is 36.2 Å². The molecule has 1 heterocycles. The Kier molecular flexibility index (Phi) is 1.96. The minimum Gasteiger partial charge on any atom is -0.382 e. The predicted octanol–water partition coefficient (Wildman–Crippen LogP) is 1.11. The molecule has 1 aliphatic carbocycles. The smallest absolute Gasteiger partial charge is 0.0418 e. The first-order valence-corrected chi connectivity index (χ1v) is 4.29. The molecule has 64 valence electrons. The first-order chi connectivity index (χ1) is 5.90. The molecule has 12 heavy (non-hydrogen) atoms. The van der Waals surface area contributed by atoms with Gasteiger partial charge in [-0.1, -0.05) is 0 Å². The molecule has 0 saturated heterocycles. The van der Waals surface area contributed by atoms with Crippen molar-refractivity contribution in [3.05, 3.63) is 24.0 Å². The van der Waals surface area contributed by atoms with E-state index in [1.807, 2.05) is 12.3 Å². The van der Waals surface area contributed by atoms with Crippen LogP contribution in [0.4, 0.5) is 5.69 Å². The number of anilines is 1. The SMILES string of the molecule is NCc1cnccc1NC1CC1. The highest BCUT2D eigenvalue weighted by molar-refractivity contribution is 5.50. The molecule has 3 nitrogen and oxygen atoms in total. The molecule has 1 fully saturated rings. The van der Waals surface area contributed by atoms with Crippen molar-refractivity contribution in [2.24, 2.45) is 5.73 Å². The van der Waals surface area contributed by atoms with Gasteiger partial charge in [0.05, 0.1) is 0 Å². The average Bonchev–Trinajstić information content (AvgIpc) is 2.89. The fourth-order valence-corrected chi connectivity index (χ4v) is 1.18. The highest BCUT2D eigenvalue weighted by Gasteiger charge is 2.21. The fourth-order valence-electron chi connectivity index (χ4n) is 1.18. The molecule has 0 amide bonds. The second-order valence-electron chi connectivity index (χ2n) is 3.16. The molecule has 2 rings (SSSR count). The standard InChI is InChI=1S/C9H13N3/c10-5-7-6-11-4-3-9(7)12-8-1-2-8/h3-4,6,8H,1-2,5,10H2,(H,11,12). The number of rotatable bonds is 3. The fraction of sp³-hybridized carbons (Fsp3) is 0.444. The van der Waals surface area contributed by atoms with Crippen LogP contribution in [0.1, 0.15) is 18.4 Å². The zero-order valence-corrected chi connectivity index (χ0v) is 6.96. The number of hydrogen-bond acceptors (Lipinski definition) is 3. The minimum atomic E-state index is 0.558. The van der Waals surface area contributed by atoms with Crippen LogP contribution in [0.5, 0.6) is 0 Å². The third-order valence-electron chi connectivity index (χ3n) is 2.06. The first-order valence-electron chi connectivity index (χ1n) is 4.29. The normalized spacial score (nSPS) is 16.1. The van der Waals surface area contributed by atoms with Gasteiger partial charge in [0.15, 0.2) is 0 Å². The molecule has 0 bridgehead atoms. The van der Waals surface area contributed by atoms with Crippen molar-refractivity contribution in [3.63, 3.8) is 0 Å². The van der Waals surface area contributed by atoms with Crippen molar-refractivity contribution in [1.29, 1.82) is 0 Å². The number of nitrogens with zero attached hydrogens (tertiary/aromatic N) is 1. The van der Waals surface area contributed by atoms with Gasteiger partial charge in [0.2, 0.25) is 0 Å². The van der Waals surface area contributed by atoms with E-state index < -0.39 is 0 Å². The number of pyridine rings is 1. The molecule has 0 radical (unpaired) electrons. The van der Waals surface area contributed by atoms with E-state index in [0.29, 0.717) is 12.6 Å². The highest BCUT2D eigenvalue weighted by atomic mass is 15.0. The molecule has 0 aromatic carbocycles. The zero-order valence-electron chi connectivity index (χ0n) is 6.96. The number of aromatic nitrogens is 1. The molecular formula is C9H13N3. The Morgan fingerprint density at radius 2 is 2.42 bits per heavy atom. The van der Waals surface area contributed by atoms with Crippen LogP contribution in [0.25, 0.3) is 0 Å². The summed E-state index contributed by atoms with van der Waals surface area (Å²) in [5, 5.41) is 3.42. The van der Waals surface area contributed by atoms with Gasteiger partial charge < -0.3 is 11.1 Å². The Bertz CT molecular complexity index is 268. The molecule has 0 spiro atoms. The van der Waals surface area contributed by atoms with Crippen LogP contribution >= 0.6 is 0 Å². The van der Waals surface area contributed by atoms with Crippen LogP contribution in [0.2, 0.25) is 0 Å². The molecule has 1 aliphatic rings. The van der Waals surface area contributed by atoms with Crippen molar-refractivity contribution in [2.75, 3.05) is 5.32 Å².